The fourth-order valence-corrected chi connectivity index (χ4v) is 6.56. The largest absolute Gasteiger partial charge is 0.497 e. The lowest BCUT2D eigenvalue weighted by atomic mass is 9.88. The lowest BCUT2D eigenvalue weighted by Crippen LogP contribution is -2.55. The molecule has 0 spiro atoms. The van der Waals surface area contributed by atoms with Crippen molar-refractivity contribution in [3.05, 3.63) is 90.3 Å². The van der Waals surface area contributed by atoms with Crippen LogP contribution in [-0.2, 0) is 32.5 Å². The minimum atomic E-state index is -4.22. The van der Waals surface area contributed by atoms with Gasteiger partial charge in [0.05, 0.1) is 18.6 Å². The lowest BCUT2D eigenvalue weighted by molar-refractivity contribution is -0.135. The summed E-state index contributed by atoms with van der Waals surface area (Å²) in [4.78, 5) is 31.3. The van der Waals surface area contributed by atoms with E-state index in [-0.39, 0.29) is 43.5 Å². The first kappa shape index (κ1) is 32.8. The van der Waals surface area contributed by atoms with E-state index >= 15 is 0 Å². The summed E-state index contributed by atoms with van der Waals surface area (Å²) in [6.45, 7) is 0.653. The summed E-state index contributed by atoms with van der Waals surface area (Å²) >= 11 is 0. The number of benzene rings is 2. The standard InChI is InChI=1S/C29H34N4O7S.ClH/c1-39-25-7-9-26(10-8-25)41(37,38)33(21-23-11-16-30-17-12-23)27(28(34)31-36)24-13-18-32(19-14-24)29(35)40-20-15-22-5-3-2-4-6-22;/h2-12,16-17,24,27,36H,13-15,18-21H2,1H3,(H,31,34);1H/t27-;/m1./s1. The Bertz CT molecular complexity index is 1390. The number of nitrogens with zero attached hydrogens (tertiary/aromatic N) is 3. The summed E-state index contributed by atoms with van der Waals surface area (Å²) in [5.41, 5.74) is 3.34. The number of ether oxygens (including phenoxy) is 2. The molecule has 0 saturated carbocycles. The van der Waals surface area contributed by atoms with Gasteiger partial charge in [0, 0.05) is 38.4 Å². The smallest absolute Gasteiger partial charge is 0.409 e. The van der Waals surface area contributed by atoms with Crippen LogP contribution >= 0.6 is 12.4 Å². The Morgan fingerprint density at radius 3 is 2.26 bits per heavy atom. The van der Waals surface area contributed by atoms with E-state index in [1.165, 1.54) is 43.8 Å². The number of likely N-dealkylation sites (tertiary alicyclic amines) is 1. The fraction of sp³-hybridized carbons (Fsp3) is 0.345. The maximum absolute atomic E-state index is 14.0. The zero-order valence-electron chi connectivity index (χ0n) is 23.2. The van der Waals surface area contributed by atoms with Gasteiger partial charge in [0.15, 0.2) is 0 Å². The van der Waals surface area contributed by atoms with Gasteiger partial charge in [0.1, 0.15) is 11.8 Å². The van der Waals surface area contributed by atoms with Gasteiger partial charge in [-0.25, -0.2) is 18.7 Å². The van der Waals surface area contributed by atoms with E-state index in [2.05, 4.69) is 4.98 Å². The predicted molar refractivity (Wildman–Crippen MR) is 157 cm³/mol. The van der Waals surface area contributed by atoms with E-state index < -0.39 is 34.0 Å². The van der Waals surface area contributed by atoms with E-state index in [0.717, 1.165) is 9.87 Å². The van der Waals surface area contributed by atoms with Crippen molar-refractivity contribution in [3.63, 3.8) is 0 Å². The molecule has 4 rings (SSSR count). The molecule has 2 heterocycles. The van der Waals surface area contributed by atoms with Crippen molar-refractivity contribution >= 4 is 34.4 Å². The van der Waals surface area contributed by atoms with Crippen LogP contribution in [0.3, 0.4) is 0 Å². The molecule has 1 saturated heterocycles. The number of halogens is 1. The van der Waals surface area contributed by atoms with Gasteiger partial charge in [-0.1, -0.05) is 30.3 Å². The molecule has 1 aliphatic heterocycles. The zero-order valence-corrected chi connectivity index (χ0v) is 24.8. The molecule has 0 radical (unpaired) electrons. The van der Waals surface area contributed by atoms with Gasteiger partial charge in [-0.2, -0.15) is 4.31 Å². The normalized spacial score (nSPS) is 14.5. The van der Waals surface area contributed by atoms with Crippen LogP contribution in [0.5, 0.6) is 5.75 Å². The van der Waals surface area contributed by atoms with Crippen molar-refractivity contribution in [3.8, 4) is 5.75 Å². The topological polar surface area (TPSA) is 138 Å². The van der Waals surface area contributed by atoms with Crippen molar-refractivity contribution in [2.24, 2.45) is 5.92 Å². The molecule has 1 aromatic heterocycles. The SMILES string of the molecule is COc1ccc(S(=O)(=O)N(Cc2ccncc2)[C@@H](C(=O)NO)C2CCN(C(=O)OCCc3ccccc3)CC2)cc1.Cl. The number of hydrogen-bond donors (Lipinski definition) is 2. The maximum atomic E-state index is 14.0. The highest BCUT2D eigenvalue weighted by Crippen LogP contribution is 2.31. The van der Waals surface area contributed by atoms with Gasteiger partial charge in [0.25, 0.3) is 5.91 Å². The average Bonchev–Trinajstić information content (AvgIpc) is 3.02. The molecule has 2 amide bonds. The number of nitrogens with one attached hydrogen (secondary N) is 1. The van der Waals surface area contributed by atoms with Crippen molar-refractivity contribution in [1.82, 2.24) is 19.7 Å². The molecule has 1 atom stereocenters. The molecule has 0 unspecified atom stereocenters. The molecule has 3 aromatic rings. The summed E-state index contributed by atoms with van der Waals surface area (Å²) in [7, 11) is -2.74. The number of carbonyl (C=O) groups excluding carboxylic acids is 2. The molecular formula is C29H35ClN4O7S. The van der Waals surface area contributed by atoms with E-state index in [4.69, 9.17) is 9.47 Å². The van der Waals surface area contributed by atoms with Gasteiger partial charge in [-0.3, -0.25) is 15.0 Å². The summed E-state index contributed by atoms with van der Waals surface area (Å²) in [6.07, 6.45) is 3.87. The van der Waals surface area contributed by atoms with Crippen LogP contribution in [0, 0.1) is 5.92 Å². The quantitative estimate of drug-likeness (QED) is 0.245. The van der Waals surface area contributed by atoms with Crippen molar-refractivity contribution in [2.45, 2.75) is 36.7 Å². The van der Waals surface area contributed by atoms with E-state index in [1.54, 1.807) is 22.5 Å². The third kappa shape index (κ3) is 8.19. The summed E-state index contributed by atoms with van der Waals surface area (Å²) in [5, 5.41) is 9.65. The molecule has 0 aliphatic carbocycles. The van der Waals surface area contributed by atoms with Gasteiger partial charge in [0.2, 0.25) is 10.0 Å². The Morgan fingerprint density at radius 2 is 1.67 bits per heavy atom. The lowest BCUT2D eigenvalue weighted by Gasteiger charge is -2.39. The monoisotopic (exact) mass is 618 g/mol. The zero-order chi connectivity index (χ0) is 29.2. The molecule has 1 aliphatic rings. The predicted octanol–water partition coefficient (Wildman–Crippen LogP) is 3.67. The molecule has 0 bridgehead atoms. The Hall–Kier alpha value is -3.71. The van der Waals surface area contributed by atoms with Gasteiger partial charge >= 0.3 is 6.09 Å². The number of aromatic nitrogens is 1. The number of carbonyl (C=O) groups is 2. The summed E-state index contributed by atoms with van der Waals surface area (Å²) in [5.74, 6) is -0.845. The van der Waals surface area contributed by atoms with Crippen LogP contribution in [0.25, 0.3) is 0 Å². The van der Waals surface area contributed by atoms with Crippen LogP contribution in [0.15, 0.2) is 84.0 Å². The van der Waals surface area contributed by atoms with Crippen LogP contribution in [0.1, 0.15) is 24.0 Å². The van der Waals surface area contributed by atoms with Gasteiger partial charge in [-0.15, -0.1) is 12.4 Å². The molecule has 2 N–H and O–H groups in total. The Kier molecular flexibility index (Phi) is 12.1. The van der Waals surface area contributed by atoms with E-state index in [1.807, 2.05) is 30.3 Å². The number of rotatable bonds is 11. The molecule has 1 fully saturated rings. The molecule has 42 heavy (non-hydrogen) atoms. The maximum Gasteiger partial charge on any atom is 0.409 e. The molecule has 13 heteroatoms. The van der Waals surface area contributed by atoms with Crippen LogP contribution < -0.4 is 10.2 Å². The van der Waals surface area contributed by atoms with Crippen molar-refractivity contribution in [2.75, 3.05) is 26.8 Å². The first-order valence-corrected chi connectivity index (χ1v) is 14.7. The summed E-state index contributed by atoms with van der Waals surface area (Å²) < 4.78 is 39.7. The third-order valence-electron chi connectivity index (χ3n) is 7.15. The number of amides is 2. The fourth-order valence-electron chi connectivity index (χ4n) is 4.92. The Labute approximate surface area is 251 Å². The molecular weight excluding hydrogens is 584 g/mol. The Balaban J connectivity index is 0.00000484. The number of piperidine rings is 1. The minimum absolute atomic E-state index is 0. The highest BCUT2D eigenvalue weighted by atomic mass is 35.5. The second-order valence-electron chi connectivity index (χ2n) is 9.68. The number of methoxy groups -OCH3 is 1. The van der Waals surface area contributed by atoms with Gasteiger partial charge in [-0.05, 0) is 66.3 Å². The third-order valence-corrected chi connectivity index (χ3v) is 8.99. The highest BCUT2D eigenvalue weighted by Gasteiger charge is 2.42. The van der Waals surface area contributed by atoms with E-state index in [0.29, 0.717) is 30.6 Å². The van der Waals surface area contributed by atoms with Crippen LogP contribution in [-0.4, -0.2) is 72.7 Å². The van der Waals surface area contributed by atoms with Crippen LogP contribution in [0.4, 0.5) is 4.79 Å². The average molecular weight is 619 g/mol. The first-order valence-electron chi connectivity index (χ1n) is 13.3. The van der Waals surface area contributed by atoms with Crippen molar-refractivity contribution in [1.29, 1.82) is 0 Å². The molecule has 2 aromatic carbocycles. The van der Waals surface area contributed by atoms with Crippen molar-refractivity contribution < 1.29 is 32.7 Å². The second kappa shape index (κ2) is 15.5. The number of hydroxylamine groups is 1. The number of pyridine rings is 1. The van der Waals surface area contributed by atoms with Gasteiger partial charge < -0.3 is 14.4 Å². The number of hydrogen-bond acceptors (Lipinski definition) is 8. The highest BCUT2D eigenvalue weighted by molar-refractivity contribution is 7.89. The van der Waals surface area contributed by atoms with E-state index in [9.17, 15) is 23.2 Å². The number of sulfonamides is 1. The summed E-state index contributed by atoms with van der Waals surface area (Å²) in [6, 6.07) is 17.7. The first-order chi connectivity index (χ1) is 19.8. The van der Waals surface area contributed by atoms with Crippen LogP contribution in [0.2, 0.25) is 0 Å². The minimum Gasteiger partial charge on any atom is -0.497 e. The molecule has 226 valence electrons. The second-order valence-corrected chi connectivity index (χ2v) is 11.6. The molecule has 11 nitrogen and oxygen atoms in total. The Morgan fingerprint density at radius 1 is 1.02 bits per heavy atom.